The molecule has 0 aliphatic rings. The number of amides is 1. The van der Waals surface area contributed by atoms with Crippen LogP contribution >= 0.6 is 0 Å². The minimum atomic E-state index is -1.13. The number of carbonyl (C=O) groups excluding carboxylic acids is 2. The maximum absolute atomic E-state index is 12.8. The van der Waals surface area contributed by atoms with Crippen molar-refractivity contribution in [2.24, 2.45) is 0 Å². The average molecular weight is 546 g/mol. The molecule has 212 valence electrons. The van der Waals surface area contributed by atoms with Gasteiger partial charge in [-0.3, -0.25) is 4.79 Å². The first-order valence-electron chi connectivity index (χ1n) is 13.2. The van der Waals surface area contributed by atoms with Crippen molar-refractivity contribution >= 4 is 22.9 Å². The second-order valence-corrected chi connectivity index (χ2v) is 11.8. The van der Waals surface area contributed by atoms with Crippen LogP contribution in [0, 0.1) is 0 Å². The van der Waals surface area contributed by atoms with Crippen molar-refractivity contribution < 1.29 is 24.3 Å². The Labute approximate surface area is 235 Å². The highest BCUT2D eigenvalue weighted by Crippen LogP contribution is 2.34. The Hall–Kier alpha value is -4.24. The molecule has 2 N–H and O–H groups in total. The molecule has 9 heteroatoms. The molecule has 1 heterocycles. The van der Waals surface area contributed by atoms with Crippen LogP contribution in [0.1, 0.15) is 54.7 Å². The van der Waals surface area contributed by atoms with Gasteiger partial charge in [0.2, 0.25) is 5.91 Å². The van der Waals surface area contributed by atoms with Crippen molar-refractivity contribution in [3.05, 3.63) is 89.5 Å². The highest BCUT2D eigenvalue weighted by molar-refractivity contribution is 5.85. The van der Waals surface area contributed by atoms with Crippen molar-refractivity contribution in [2.75, 3.05) is 34.2 Å². The summed E-state index contributed by atoms with van der Waals surface area (Å²) in [5, 5.41) is 32.8. The van der Waals surface area contributed by atoms with E-state index in [0.29, 0.717) is 6.54 Å². The number of aromatic carboxylic acids is 1. The summed E-state index contributed by atoms with van der Waals surface area (Å²) in [6.45, 7) is 7.61. The SMILES string of the molecule is CC(C)(C)c1cc(C(CC(=O)NCC[N+](C)(C)C)n2nc3ccccc3n2)ccc1O.O=C([O-])c1ccccc1. The number of aromatic hydroxyl groups is 1. The van der Waals surface area contributed by atoms with E-state index in [1.807, 2.05) is 36.4 Å². The van der Waals surface area contributed by atoms with Crippen LogP contribution in [0.4, 0.5) is 0 Å². The van der Waals surface area contributed by atoms with E-state index in [1.54, 1.807) is 29.1 Å². The second kappa shape index (κ2) is 12.7. The zero-order valence-corrected chi connectivity index (χ0v) is 24.1. The van der Waals surface area contributed by atoms with E-state index in [9.17, 15) is 19.8 Å². The molecule has 0 radical (unpaired) electrons. The summed E-state index contributed by atoms with van der Waals surface area (Å²) in [7, 11) is 6.29. The standard InChI is InChI=1S/C24H33N5O2.C7H6O2/c1-24(2,3)18-15-17(11-12-22(18)30)21(16-23(31)25-13-14-29(4,5)6)28-26-19-9-7-8-10-20(19)27-28;8-7(9)6-4-2-1-3-5-6/h7-12,15,21H,13-14,16H2,1-6H3,(H-,25,30,31);1-5H,(H,8,9). The van der Waals surface area contributed by atoms with Crippen molar-refractivity contribution in [3.63, 3.8) is 0 Å². The van der Waals surface area contributed by atoms with Crippen LogP contribution in [0.25, 0.3) is 11.0 Å². The number of hydrogen-bond donors (Lipinski definition) is 2. The molecule has 0 spiro atoms. The van der Waals surface area contributed by atoms with E-state index >= 15 is 0 Å². The maximum Gasteiger partial charge on any atom is 0.222 e. The Balaban J connectivity index is 0.000000415. The maximum atomic E-state index is 12.8. The summed E-state index contributed by atoms with van der Waals surface area (Å²) in [5.41, 5.74) is 3.28. The molecule has 9 nitrogen and oxygen atoms in total. The molecule has 3 aromatic carbocycles. The number of benzene rings is 3. The Morgan fingerprint density at radius 1 is 0.950 bits per heavy atom. The van der Waals surface area contributed by atoms with Gasteiger partial charge < -0.3 is 24.8 Å². The first kappa shape index (κ1) is 30.3. The summed E-state index contributed by atoms with van der Waals surface area (Å²) in [6.07, 6.45) is 0.215. The van der Waals surface area contributed by atoms with E-state index < -0.39 is 5.97 Å². The Bertz CT molecular complexity index is 1400. The topological polar surface area (TPSA) is 120 Å². The van der Waals surface area contributed by atoms with Gasteiger partial charge in [0.1, 0.15) is 22.8 Å². The van der Waals surface area contributed by atoms with Gasteiger partial charge in [-0.15, -0.1) is 0 Å². The number of phenolic OH excluding ortho intramolecular Hbond substituents is 1. The molecular formula is C31H39N5O4. The molecule has 0 saturated heterocycles. The number of rotatable bonds is 8. The monoisotopic (exact) mass is 545 g/mol. The number of phenols is 1. The molecule has 0 saturated carbocycles. The summed E-state index contributed by atoms with van der Waals surface area (Å²) < 4.78 is 0.780. The zero-order chi connectivity index (χ0) is 29.5. The lowest BCUT2D eigenvalue weighted by Crippen LogP contribution is -2.42. The molecule has 40 heavy (non-hydrogen) atoms. The lowest BCUT2D eigenvalue weighted by molar-refractivity contribution is -0.869. The van der Waals surface area contributed by atoms with E-state index in [0.717, 1.165) is 33.2 Å². The third kappa shape index (κ3) is 8.64. The lowest BCUT2D eigenvalue weighted by Gasteiger charge is -2.25. The van der Waals surface area contributed by atoms with Gasteiger partial charge in [0.05, 0.1) is 46.6 Å². The van der Waals surface area contributed by atoms with Gasteiger partial charge in [0.25, 0.3) is 0 Å². The van der Waals surface area contributed by atoms with Crippen molar-refractivity contribution in [1.29, 1.82) is 0 Å². The summed E-state index contributed by atoms with van der Waals surface area (Å²) in [5.74, 6) is -0.929. The predicted octanol–water partition coefficient (Wildman–Crippen LogP) is 3.29. The van der Waals surface area contributed by atoms with Gasteiger partial charge in [-0.2, -0.15) is 15.0 Å². The van der Waals surface area contributed by atoms with Crippen LogP contribution in [-0.4, -0.2) is 70.7 Å². The second-order valence-electron chi connectivity index (χ2n) is 11.8. The van der Waals surface area contributed by atoms with E-state index in [1.165, 1.54) is 12.1 Å². The van der Waals surface area contributed by atoms with Crippen LogP contribution in [-0.2, 0) is 10.2 Å². The quantitative estimate of drug-likeness (QED) is 0.328. The fraction of sp³-hybridized carbons (Fsp3) is 0.355. The normalized spacial score (nSPS) is 12.3. The molecule has 1 amide bonds. The van der Waals surface area contributed by atoms with Crippen molar-refractivity contribution in [2.45, 2.75) is 38.6 Å². The van der Waals surface area contributed by atoms with Crippen molar-refractivity contribution in [1.82, 2.24) is 20.3 Å². The molecular weight excluding hydrogens is 506 g/mol. The molecule has 0 aliphatic carbocycles. The highest BCUT2D eigenvalue weighted by atomic mass is 16.4. The van der Waals surface area contributed by atoms with Gasteiger partial charge in [-0.05, 0) is 46.4 Å². The third-order valence-electron chi connectivity index (χ3n) is 6.29. The molecule has 0 fully saturated rings. The summed E-state index contributed by atoms with van der Waals surface area (Å²) >= 11 is 0. The minimum absolute atomic E-state index is 0.0508. The molecule has 1 atom stereocenters. The van der Waals surface area contributed by atoms with Crippen LogP contribution < -0.4 is 10.4 Å². The number of carboxylic acids is 1. The van der Waals surface area contributed by atoms with E-state index in [-0.39, 0.29) is 35.1 Å². The fourth-order valence-corrected chi connectivity index (χ4v) is 4.06. The average Bonchev–Trinajstić information content (AvgIpc) is 3.31. The van der Waals surface area contributed by atoms with Crippen LogP contribution in [0.3, 0.4) is 0 Å². The van der Waals surface area contributed by atoms with Crippen molar-refractivity contribution in [3.8, 4) is 5.75 Å². The van der Waals surface area contributed by atoms with E-state index in [4.69, 9.17) is 0 Å². The smallest absolute Gasteiger partial charge is 0.222 e. The number of likely N-dealkylation sites (N-methyl/N-ethyl adjacent to an activating group) is 1. The minimum Gasteiger partial charge on any atom is -0.545 e. The van der Waals surface area contributed by atoms with Crippen LogP contribution in [0.15, 0.2) is 72.8 Å². The number of quaternary nitrogens is 1. The molecule has 1 unspecified atom stereocenters. The molecule has 4 rings (SSSR count). The molecule has 0 aliphatic heterocycles. The Morgan fingerprint density at radius 3 is 2.02 bits per heavy atom. The number of nitrogens with one attached hydrogen (secondary N) is 1. The largest absolute Gasteiger partial charge is 0.545 e. The summed E-state index contributed by atoms with van der Waals surface area (Å²) in [6, 6.07) is 20.9. The summed E-state index contributed by atoms with van der Waals surface area (Å²) in [4.78, 5) is 24.5. The van der Waals surface area contributed by atoms with Gasteiger partial charge in [-0.25, -0.2) is 0 Å². The fourth-order valence-electron chi connectivity index (χ4n) is 4.06. The molecule has 0 bridgehead atoms. The van der Waals surface area contributed by atoms with E-state index in [2.05, 4.69) is 57.4 Å². The highest BCUT2D eigenvalue weighted by Gasteiger charge is 2.25. The third-order valence-corrected chi connectivity index (χ3v) is 6.29. The van der Waals surface area contributed by atoms with Gasteiger partial charge in [-0.1, -0.05) is 69.3 Å². The first-order chi connectivity index (χ1) is 18.7. The number of fused-ring (bicyclic) bond motifs is 1. The Kier molecular flexibility index (Phi) is 9.65. The number of nitrogens with zero attached hydrogens (tertiary/aromatic N) is 4. The number of aromatic nitrogens is 3. The number of carbonyl (C=O) groups is 2. The number of carboxylic acid groups (broad SMARTS) is 1. The van der Waals surface area contributed by atoms with Crippen LogP contribution in [0.5, 0.6) is 5.75 Å². The van der Waals surface area contributed by atoms with Gasteiger partial charge in [0.15, 0.2) is 0 Å². The van der Waals surface area contributed by atoms with Gasteiger partial charge in [0, 0.05) is 0 Å². The predicted molar refractivity (Wildman–Crippen MR) is 154 cm³/mol. The van der Waals surface area contributed by atoms with Gasteiger partial charge >= 0.3 is 0 Å². The number of hydrogen-bond acceptors (Lipinski definition) is 6. The lowest BCUT2D eigenvalue weighted by atomic mass is 9.84. The molecule has 4 aromatic rings. The zero-order valence-electron chi connectivity index (χ0n) is 24.1. The Morgan fingerprint density at radius 2 is 1.52 bits per heavy atom. The molecule has 1 aromatic heterocycles. The first-order valence-corrected chi connectivity index (χ1v) is 13.2. The van der Waals surface area contributed by atoms with Crippen LogP contribution in [0.2, 0.25) is 0 Å².